The van der Waals surface area contributed by atoms with E-state index in [9.17, 15) is 0 Å². The number of hydrogen-bond donors (Lipinski definition) is 0. The predicted octanol–water partition coefficient (Wildman–Crippen LogP) is 12.6. The van der Waals surface area contributed by atoms with E-state index in [1.807, 2.05) is 97.0 Å². The second kappa shape index (κ2) is 26.6. The first-order chi connectivity index (χ1) is 19.3. The fraction of sp³-hybridized carbons (Fsp3) is 0.282. The average molecular weight is 539 g/mol. The van der Waals surface area contributed by atoms with Crippen molar-refractivity contribution in [2.45, 2.75) is 76.2 Å². The standard InChI is InChI=1S/C14H14O.C12H12.C5H8.3C2H6.C2H2/c1-11-3-7-13(8-4-11)15-14-9-5-12(2)6-10-14;1-9-3-5-11-6-4-10(2)8-12(11)7-9;1-4-5(2)3;4*1-2/h3-10H,1-2H3;3-8H,1-2H3;4H,1-2H2,3H3;3*1-2H3;1-2H. The van der Waals surface area contributed by atoms with Gasteiger partial charge in [-0.1, -0.05) is 149 Å². The highest BCUT2D eigenvalue weighted by Gasteiger charge is 1.96. The highest BCUT2D eigenvalue weighted by Crippen LogP contribution is 2.21. The van der Waals surface area contributed by atoms with Gasteiger partial charge in [-0.25, -0.2) is 0 Å². The largest absolute Gasteiger partial charge is 0.457 e. The van der Waals surface area contributed by atoms with Gasteiger partial charge in [-0.05, 0) is 69.7 Å². The van der Waals surface area contributed by atoms with Crippen LogP contribution in [0, 0.1) is 40.5 Å². The van der Waals surface area contributed by atoms with E-state index in [1.54, 1.807) is 6.08 Å². The van der Waals surface area contributed by atoms with Crippen LogP contribution in [0.1, 0.15) is 70.7 Å². The molecule has 0 unspecified atom stereocenters. The Kier molecular flexibility index (Phi) is 26.9. The fourth-order valence-electron chi connectivity index (χ4n) is 2.83. The van der Waals surface area contributed by atoms with Crippen LogP contribution >= 0.6 is 0 Å². The molecular weight excluding hydrogens is 484 g/mol. The summed E-state index contributed by atoms with van der Waals surface area (Å²) in [5.41, 5.74) is 6.16. The lowest BCUT2D eigenvalue weighted by Crippen LogP contribution is -1.84. The maximum absolute atomic E-state index is 5.69. The third-order valence-electron chi connectivity index (χ3n) is 4.78. The van der Waals surface area contributed by atoms with E-state index >= 15 is 0 Å². The van der Waals surface area contributed by atoms with Crippen molar-refractivity contribution in [1.29, 1.82) is 0 Å². The number of terminal acetylenes is 1. The number of aryl methyl sites for hydroxylation is 4. The van der Waals surface area contributed by atoms with Crippen LogP contribution in [-0.2, 0) is 0 Å². The van der Waals surface area contributed by atoms with Crippen molar-refractivity contribution in [2.75, 3.05) is 0 Å². The Morgan fingerprint density at radius 3 is 1.10 bits per heavy atom. The number of hydrogen-bond acceptors (Lipinski definition) is 1. The lowest BCUT2D eigenvalue weighted by molar-refractivity contribution is 0.482. The summed E-state index contributed by atoms with van der Waals surface area (Å²) in [6.07, 6.45) is 9.72. The van der Waals surface area contributed by atoms with E-state index in [4.69, 9.17) is 4.74 Å². The fourth-order valence-corrected chi connectivity index (χ4v) is 2.83. The maximum atomic E-state index is 5.69. The Morgan fingerprint density at radius 1 is 0.550 bits per heavy atom. The second-order valence-corrected chi connectivity index (χ2v) is 8.13. The lowest BCUT2D eigenvalue weighted by Gasteiger charge is -2.05. The van der Waals surface area contributed by atoms with Crippen LogP contribution in [0.4, 0.5) is 0 Å². The molecule has 216 valence electrons. The topological polar surface area (TPSA) is 9.23 Å². The van der Waals surface area contributed by atoms with E-state index < -0.39 is 0 Å². The minimum Gasteiger partial charge on any atom is -0.457 e. The molecule has 1 nitrogen and oxygen atoms in total. The van der Waals surface area contributed by atoms with Crippen molar-refractivity contribution in [3.63, 3.8) is 0 Å². The van der Waals surface area contributed by atoms with Crippen LogP contribution in [0.2, 0.25) is 0 Å². The molecule has 0 amide bonds. The van der Waals surface area contributed by atoms with Crippen LogP contribution in [-0.4, -0.2) is 0 Å². The summed E-state index contributed by atoms with van der Waals surface area (Å²) in [4.78, 5) is 0. The lowest BCUT2D eigenvalue weighted by atomic mass is 10.1. The molecule has 0 aliphatic heterocycles. The molecule has 0 atom stereocenters. The molecule has 0 aliphatic carbocycles. The Hall–Kier alpha value is -4.02. The summed E-state index contributed by atoms with van der Waals surface area (Å²) in [5, 5.41) is 2.67. The number of allylic oxidation sites excluding steroid dienone is 2. The molecule has 0 saturated heterocycles. The van der Waals surface area contributed by atoms with Gasteiger partial charge in [-0.3, -0.25) is 0 Å². The number of rotatable bonds is 3. The van der Waals surface area contributed by atoms with Gasteiger partial charge in [0.1, 0.15) is 11.5 Å². The van der Waals surface area contributed by atoms with Crippen LogP contribution in [0.15, 0.2) is 110 Å². The summed E-state index contributed by atoms with van der Waals surface area (Å²) in [5.74, 6) is 1.76. The number of ether oxygens (including phenoxy) is 1. The van der Waals surface area contributed by atoms with E-state index in [0.717, 1.165) is 17.1 Å². The van der Waals surface area contributed by atoms with Crippen LogP contribution in [0.3, 0.4) is 0 Å². The van der Waals surface area contributed by atoms with Crippen molar-refractivity contribution in [3.05, 3.63) is 132 Å². The third kappa shape index (κ3) is 19.1. The van der Waals surface area contributed by atoms with E-state index in [-0.39, 0.29) is 0 Å². The van der Waals surface area contributed by atoms with Gasteiger partial charge in [0, 0.05) is 0 Å². The zero-order chi connectivity index (χ0) is 31.5. The van der Waals surface area contributed by atoms with Crippen LogP contribution < -0.4 is 4.74 Å². The molecule has 0 spiro atoms. The van der Waals surface area contributed by atoms with Gasteiger partial charge in [-0.2, -0.15) is 0 Å². The van der Waals surface area contributed by atoms with Crippen molar-refractivity contribution >= 4 is 10.8 Å². The maximum Gasteiger partial charge on any atom is 0.127 e. The summed E-state index contributed by atoms with van der Waals surface area (Å²) in [7, 11) is 0. The summed E-state index contributed by atoms with van der Waals surface area (Å²) < 4.78 is 5.69. The van der Waals surface area contributed by atoms with Gasteiger partial charge in [0.25, 0.3) is 0 Å². The van der Waals surface area contributed by atoms with E-state index in [2.05, 4.69) is 90.1 Å². The minimum atomic E-state index is 0.879. The molecule has 4 rings (SSSR count). The Bertz CT molecular complexity index is 1110. The van der Waals surface area contributed by atoms with Gasteiger partial charge in [0.05, 0.1) is 0 Å². The molecule has 0 aromatic heterocycles. The first kappa shape index (κ1) is 40.5. The SMILES string of the molecule is C#C.C=CC(=C)C.CC.CC.CC.Cc1ccc(Oc2ccc(C)cc2)cc1.Cc1ccc2ccc(C)cc2c1. The van der Waals surface area contributed by atoms with E-state index in [0.29, 0.717) is 0 Å². The first-order valence-electron chi connectivity index (χ1n) is 14.2. The molecule has 0 radical (unpaired) electrons. The van der Waals surface area contributed by atoms with Crippen molar-refractivity contribution in [2.24, 2.45) is 0 Å². The highest BCUT2D eigenvalue weighted by molar-refractivity contribution is 5.83. The zero-order valence-electron chi connectivity index (χ0n) is 27.1. The first-order valence-corrected chi connectivity index (χ1v) is 14.2. The van der Waals surface area contributed by atoms with Crippen LogP contribution in [0.25, 0.3) is 10.8 Å². The molecule has 1 heteroatoms. The summed E-state index contributed by atoms with van der Waals surface area (Å²) >= 11 is 0. The molecule has 40 heavy (non-hydrogen) atoms. The van der Waals surface area contributed by atoms with Crippen molar-refractivity contribution < 1.29 is 4.74 Å². The summed E-state index contributed by atoms with van der Waals surface area (Å²) in [6, 6.07) is 29.2. The molecule has 0 fully saturated rings. The molecule has 4 aromatic carbocycles. The Labute approximate surface area is 247 Å². The number of benzene rings is 4. The second-order valence-electron chi connectivity index (χ2n) is 8.13. The van der Waals surface area contributed by atoms with Gasteiger partial charge >= 0.3 is 0 Å². The molecule has 0 N–H and O–H groups in total. The quantitative estimate of drug-likeness (QED) is 0.186. The Balaban J connectivity index is -0.000000490. The van der Waals surface area contributed by atoms with E-state index in [1.165, 1.54) is 33.0 Å². The molecule has 0 heterocycles. The normalized spacial score (nSPS) is 8.22. The Morgan fingerprint density at radius 2 is 0.825 bits per heavy atom. The van der Waals surface area contributed by atoms with Gasteiger partial charge in [0.2, 0.25) is 0 Å². The van der Waals surface area contributed by atoms with Crippen molar-refractivity contribution in [3.8, 4) is 24.3 Å². The van der Waals surface area contributed by atoms with Gasteiger partial charge in [0.15, 0.2) is 0 Å². The minimum absolute atomic E-state index is 0.879. The number of fused-ring (bicyclic) bond motifs is 1. The predicted molar refractivity (Wildman–Crippen MR) is 185 cm³/mol. The average Bonchev–Trinajstić information content (AvgIpc) is 3.00. The zero-order valence-corrected chi connectivity index (χ0v) is 27.1. The highest BCUT2D eigenvalue weighted by atomic mass is 16.5. The molecule has 0 bridgehead atoms. The van der Waals surface area contributed by atoms with Crippen LogP contribution in [0.5, 0.6) is 11.5 Å². The monoisotopic (exact) mass is 538 g/mol. The third-order valence-corrected chi connectivity index (χ3v) is 4.78. The van der Waals surface area contributed by atoms with Crippen molar-refractivity contribution in [1.82, 2.24) is 0 Å². The molecule has 0 saturated carbocycles. The molecule has 0 aliphatic rings. The molecule has 4 aromatic rings. The van der Waals surface area contributed by atoms with Gasteiger partial charge < -0.3 is 4.74 Å². The summed E-state index contributed by atoms with van der Waals surface area (Å²) in [6.45, 7) is 29.3. The smallest absolute Gasteiger partial charge is 0.127 e. The van der Waals surface area contributed by atoms with Gasteiger partial charge in [-0.15, -0.1) is 12.8 Å². The molecular formula is C39H54O.